The second-order valence-electron chi connectivity index (χ2n) is 7.43. The van der Waals surface area contributed by atoms with Gasteiger partial charge in [-0.2, -0.15) is 0 Å². The van der Waals surface area contributed by atoms with Crippen molar-refractivity contribution in [1.82, 2.24) is 4.90 Å². The molecule has 2 saturated heterocycles. The van der Waals surface area contributed by atoms with Gasteiger partial charge in [-0.05, 0) is 69.5 Å². The molecule has 26 heavy (non-hydrogen) atoms. The van der Waals surface area contributed by atoms with Crippen LogP contribution in [-0.4, -0.2) is 56.8 Å². The Morgan fingerprint density at radius 2 is 2.04 bits per heavy atom. The average molecular weight is 361 g/mol. The second kappa shape index (κ2) is 8.84. The molecule has 0 bridgehead atoms. The van der Waals surface area contributed by atoms with Crippen LogP contribution in [0.1, 0.15) is 31.2 Å². The molecule has 6 nitrogen and oxygen atoms in total. The maximum atomic E-state index is 12.8. The Balaban J connectivity index is 1.55. The molecule has 1 aromatic rings. The van der Waals surface area contributed by atoms with Gasteiger partial charge in [0.15, 0.2) is 0 Å². The number of benzene rings is 1. The van der Waals surface area contributed by atoms with E-state index in [4.69, 9.17) is 15.2 Å². The summed E-state index contributed by atoms with van der Waals surface area (Å²) < 4.78 is 11.3. The van der Waals surface area contributed by atoms with E-state index in [9.17, 15) is 4.79 Å². The molecule has 2 heterocycles. The normalized spacial score (nSPS) is 20.1. The highest BCUT2D eigenvalue weighted by molar-refractivity contribution is 5.95. The third-order valence-corrected chi connectivity index (χ3v) is 5.62. The molecule has 0 spiro atoms. The van der Waals surface area contributed by atoms with E-state index >= 15 is 0 Å². The van der Waals surface area contributed by atoms with Gasteiger partial charge in [-0.25, -0.2) is 0 Å². The first kappa shape index (κ1) is 19.1. The Kier molecular flexibility index (Phi) is 6.51. The minimum atomic E-state index is -0.517. The first-order valence-electron chi connectivity index (χ1n) is 9.68. The van der Waals surface area contributed by atoms with Crippen LogP contribution in [0.4, 0.5) is 5.69 Å². The SMILES string of the molecule is Cc1cc(NC(=O)C2(CN)CCOCC2)ccc1OCCN1CCCC1. The van der Waals surface area contributed by atoms with Crippen molar-refractivity contribution in [1.29, 1.82) is 0 Å². The maximum absolute atomic E-state index is 12.8. The Morgan fingerprint density at radius 3 is 2.69 bits per heavy atom. The third-order valence-electron chi connectivity index (χ3n) is 5.62. The standard InChI is InChI=1S/C20H31N3O3/c1-16-14-17(22-19(24)20(15-21)6-11-25-12-7-20)4-5-18(16)26-13-10-23-8-2-3-9-23/h4-5,14H,2-3,6-13,15,21H2,1H3,(H,22,24). The first-order valence-corrected chi connectivity index (χ1v) is 9.68. The number of likely N-dealkylation sites (tertiary alicyclic amines) is 1. The summed E-state index contributed by atoms with van der Waals surface area (Å²) in [5.74, 6) is 0.868. The summed E-state index contributed by atoms with van der Waals surface area (Å²) in [6, 6.07) is 5.81. The maximum Gasteiger partial charge on any atom is 0.232 e. The highest BCUT2D eigenvalue weighted by Crippen LogP contribution is 2.31. The van der Waals surface area contributed by atoms with Gasteiger partial charge in [0.1, 0.15) is 12.4 Å². The Morgan fingerprint density at radius 1 is 1.31 bits per heavy atom. The second-order valence-corrected chi connectivity index (χ2v) is 7.43. The highest BCUT2D eigenvalue weighted by Gasteiger charge is 2.38. The number of nitrogens with two attached hydrogens (primary N) is 1. The summed E-state index contributed by atoms with van der Waals surface area (Å²) in [7, 11) is 0. The molecular weight excluding hydrogens is 330 g/mol. The molecule has 2 fully saturated rings. The van der Waals surface area contributed by atoms with Gasteiger partial charge in [0.05, 0.1) is 5.41 Å². The number of amides is 1. The zero-order chi connectivity index (χ0) is 18.4. The van der Waals surface area contributed by atoms with E-state index in [2.05, 4.69) is 10.2 Å². The Bertz CT molecular complexity index is 608. The number of carbonyl (C=O) groups excluding carboxylic acids is 1. The lowest BCUT2D eigenvalue weighted by Gasteiger charge is -2.34. The largest absolute Gasteiger partial charge is 0.492 e. The van der Waals surface area contributed by atoms with E-state index < -0.39 is 5.41 Å². The van der Waals surface area contributed by atoms with Crippen molar-refractivity contribution in [2.75, 3.05) is 51.3 Å². The predicted octanol–water partition coefficient (Wildman–Crippen LogP) is 2.16. The smallest absolute Gasteiger partial charge is 0.232 e. The van der Waals surface area contributed by atoms with Gasteiger partial charge in [-0.15, -0.1) is 0 Å². The summed E-state index contributed by atoms with van der Waals surface area (Å²) in [5.41, 5.74) is 7.21. The fraction of sp³-hybridized carbons (Fsp3) is 0.650. The highest BCUT2D eigenvalue weighted by atomic mass is 16.5. The molecule has 1 amide bonds. The van der Waals surface area contributed by atoms with Gasteiger partial charge in [-0.1, -0.05) is 0 Å². The average Bonchev–Trinajstić information content (AvgIpc) is 3.17. The van der Waals surface area contributed by atoms with Gasteiger partial charge < -0.3 is 20.5 Å². The number of rotatable bonds is 7. The van der Waals surface area contributed by atoms with Gasteiger partial charge in [0.2, 0.25) is 5.91 Å². The van der Waals surface area contributed by atoms with Crippen molar-refractivity contribution in [3.63, 3.8) is 0 Å². The van der Waals surface area contributed by atoms with E-state index in [0.29, 0.717) is 39.2 Å². The lowest BCUT2D eigenvalue weighted by molar-refractivity contribution is -0.130. The summed E-state index contributed by atoms with van der Waals surface area (Å²) in [6.45, 7) is 7.57. The number of nitrogens with zero attached hydrogens (tertiary/aromatic N) is 1. The van der Waals surface area contributed by atoms with Gasteiger partial charge in [0.25, 0.3) is 0 Å². The molecule has 0 atom stereocenters. The van der Waals surface area contributed by atoms with Crippen LogP contribution < -0.4 is 15.8 Å². The van der Waals surface area contributed by atoms with Crippen LogP contribution in [0, 0.1) is 12.3 Å². The monoisotopic (exact) mass is 361 g/mol. The van der Waals surface area contributed by atoms with Crippen molar-refractivity contribution in [3.8, 4) is 5.75 Å². The third kappa shape index (κ3) is 4.55. The van der Waals surface area contributed by atoms with E-state index in [0.717, 1.165) is 23.5 Å². The van der Waals surface area contributed by atoms with Crippen LogP contribution >= 0.6 is 0 Å². The number of carbonyl (C=O) groups is 1. The minimum Gasteiger partial charge on any atom is -0.492 e. The molecule has 1 aromatic carbocycles. The van der Waals surface area contributed by atoms with Crippen molar-refractivity contribution in [2.24, 2.45) is 11.1 Å². The summed E-state index contributed by atoms with van der Waals surface area (Å²) in [5, 5.41) is 3.03. The summed E-state index contributed by atoms with van der Waals surface area (Å²) >= 11 is 0. The fourth-order valence-electron chi connectivity index (χ4n) is 3.73. The van der Waals surface area contributed by atoms with Crippen LogP contribution in [0.15, 0.2) is 18.2 Å². The van der Waals surface area contributed by atoms with E-state index in [1.54, 1.807) is 0 Å². The number of nitrogens with one attached hydrogen (secondary N) is 1. The number of hydrogen-bond acceptors (Lipinski definition) is 5. The molecule has 0 aliphatic carbocycles. The topological polar surface area (TPSA) is 76.8 Å². The van der Waals surface area contributed by atoms with Crippen molar-refractivity contribution < 1.29 is 14.3 Å². The molecule has 0 aromatic heterocycles. The van der Waals surface area contributed by atoms with Gasteiger partial charge in [0, 0.05) is 32.0 Å². The van der Waals surface area contributed by atoms with Gasteiger partial charge in [-0.3, -0.25) is 9.69 Å². The van der Waals surface area contributed by atoms with Crippen LogP contribution in [0.2, 0.25) is 0 Å². The number of anilines is 1. The Labute approximate surface area is 156 Å². The zero-order valence-corrected chi connectivity index (χ0v) is 15.8. The molecular formula is C20H31N3O3. The van der Waals surface area contributed by atoms with E-state index in [-0.39, 0.29) is 5.91 Å². The van der Waals surface area contributed by atoms with E-state index in [1.165, 1.54) is 25.9 Å². The number of hydrogen-bond donors (Lipinski definition) is 2. The minimum absolute atomic E-state index is 0.00889. The lowest BCUT2D eigenvalue weighted by atomic mass is 9.79. The molecule has 2 aliphatic heterocycles. The van der Waals surface area contributed by atoms with E-state index in [1.807, 2.05) is 25.1 Å². The van der Waals surface area contributed by atoms with Crippen molar-refractivity contribution in [3.05, 3.63) is 23.8 Å². The molecule has 144 valence electrons. The number of ether oxygens (including phenoxy) is 2. The van der Waals surface area contributed by atoms with Crippen molar-refractivity contribution >= 4 is 11.6 Å². The molecule has 2 aliphatic rings. The summed E-state index contributed by atoms with van der Waals surface area (Å²) in [4.78, 5) is 15.2. The molecule has 0 radical (unpaired) electrons. The van der Waals surface area contributed by atoms with Crippen LogP contribution in [0.5, 0.6) is 5.75 Å². The van der Waals surface area contributed by atoms with Crippen molar-refractivity contribution in [2.45, 2.75) is 32.6 Å². The zero-order valence-electron chi connectivity index (χ0n) is 15.8. The predicted molar refractivity (Wildman–Crippen MR) is 103 cm³/mol. The quantitative estimate of drug-likeness (QED) is 0.778. The molecule has 3 N–H and O–H groups in total. The fourth-order valence-corrected chi connectivity index (χ4v) is 3.73. The molecule has 6 heteroatoms. The Hall–Kier alpha value is -1.63. The molecule has 0 saturated carbocycles. The first-order chi connectivity index (χ1) is 12.6. The van der Waals surface area contributed by atoms with Gasteiger partial charge >= 0.3 is 0 Å². The number of aryl methyl sites for hydroxylation is 1. The van der Waals surface area contributed by atoms with Crippen LogP contribution in [0.25, 0.3) is 0 Å². The summed E-state index contributed by atoms with van der Waals surface area (Å²) in [6.07, 6.45) is 3.94. The van der Waals surface area contributed by atoms with Crippen LogP contribution in [0.3, 0.4) is 0 Å². The van der Waals surface area contributed by atoms with Crippen LogP contribution in [-0.2, 0) is 9.53 Å². The molecule has 0 unspecified atom stereocenters. The lowest BCUT2D eigenvalue weighted by Crippen LogP contribution is -2.46. The molecule has 3 rings (SSSR count).